The molecule has 2 aromatic heterocycles. The van der Waals surface area contributed by atoms with E-state index in [1.807, 2.05) is 16.9 Å². The van der Waals surface area contributed by atoms with Crippen LogP contribution in [0.1, 0.15) is 16.7 Å². The molecule has 0 atom stereocenters. The van der Waals surface area contributed by atoms with Crippen LogP contribution in [0.4, 0.5) is 0 Å². The van der Waals surface area contributed by atoms with Crippen molar-refractivity contribution in [2.75, 3.05) is 0 Å². The Bertz CT molecular complexity index is 1020. The Hall–Kier alpha value is -2.59. The van der Waals surface area contributed by atoms with E-state index in [2.05, 4.69) is 73.4 Å². The number of fused-ring (bicyclic) bond motifs is 1. The Kier molecular flexibility index (Phi) is 4.28. The Balaban J connectivity index is 1.66. The molecule has 2 aromatic carbocycles. The van der Waals surface area contributed by atoms with Crippen molar-refractivity contribution in [1.82, 2.24) is 14.6 Å². The van der Waals surface area contributed by atoms with E-state index in [0.717, 1.165) is 22.0 Å². The third kappa shape index (κ3) is 3.30. The summed E-state index contributed by atoms with van der Waals surface area (Å²) in [6, 6.07) is 19.1. The summed E-state index contributed by atoms with van der Waals surface area (Å²) in [7, 11) is 0. The topological polar surface area (TPSA) is 30.2 Å². The average Bonchev–Trinajstić information content (AvgIpc) is 3.06. The Morgan fingerprint density at radius 3 is 2.60 bits per heavy atom. The minimum atomic E-state index is 0.901. The fraction of sp³-hybridized carbons (Fsp3) is 0.143. The number of benzene rings is 2. The van der Waals surface area contributed by atoms with Gasteiger partial charge < -0.3 is 0 Å². The highest BCUT2D eigenvalue weighted by Crippen LogP contribution is 2.29. The monoisotopic (exact) mass is 345 g/mol. The average molecular weight is 345 g/mol. The lowest BCUT2D eigenvalue weighted by molar-refractivity contribution is 0.920. The number of nitrogens with zero attached hydrogens (tertiary/aromatic N) is 3. The first-order valence-corrected chi connectivity index (χ1v) is 9.28. The normalized spacial score (nSPS) is 11.1. The van der Waals surface area contributed by atoms with E-state index < -0.39 is 0 Å². The van der Waals surface area contributed by atoms with Crippen molar-refractivity contribution in [1.29, 1.82) is 0 Å². The van der Waals surface area contributed by atoms with Crippen molar-refractivity contribution in [3.05, 3.63) is 83.7 Å². The molecule has 0 amide bonds. The Morgan fingerprint density at radius 1 is 1.00 bits per heavy atom. The summed E-state index contributed by atoms with van der Waals surface area (Å²) in [5.74, 6) is 0.901. The highest BCUT2D eigenvalue weighted by atomic mass is 32.2. The predicted molar refractivity (Wildman–Crippen MR) is 104 cm³/mol. The number of hydrogen-bond acceptors (Lipinski definition) is 3. The van der Waals surface area contributed by atoms with Gasteiger partial charge in [-0.2, -0.15) is 5.10 Å². The summed E-state index contributed by atoms with van der Waals surface area (Å²) < 4.78 is 1.92. The molecule has 2 heterocycles. The second-order valence-electron chi connectivity index (χ2n) is 6.18. The molecule has 0 saturated heterocycles. The maximum atomic E-state index is 4.73. The van der Waals surface area contributed by atoms with Gasteiger partial charge in [0.2, 0.25) is 0 Å². The molecule has 25 heavy (non-hydrogen) atoms. The van der Waals surface area contributed by atoms with Crippen LogP contribution in [0.3, 0.4) is 0 Å². The van der Waals surface area contributed by atoms with Gasteiger partial charge in [0.1, 0.15) is 5.03 Å². The number of rotatable bonds is 4. The lowest BCUT2D eigenvalue weighted by Gasteiger charge is -2.03. The summed E-state index contributed by atoms with van der Waals surface area (Å²) in [5, 5.41) is 5.74. The highest BCUT2D eigenvalue weighted by Gasteiger charge is 2.11. The van der Waals surface area contributed by atoms with Crippen LogP contribution in [0.15, 0.2) is 72.0 Å². The minimum absolute atomic E-state index is 0.901. The summed E-state index contributed by atoms with van der Waals surface area (Å²) in [6.07, 6.45) is 3.73. The standard InChI is InChI=1S/C21H19N3S/c1-15-7-9-17(10-8-15)14-25-21-20-13-19(23-24(20)12-11-22-21)18-6-4-3-5-16(18)2/h3-13H,14H2,1-2H3. The first-order valence-electron chi connectivity index (χ1n) is 8.29. The van der Waals surface area contributed by atoms with Crippen LogP contribution in [0.2, 0.25) is 0 Å². The second kappa shape index (κ2) is 6.73. The molecule has 0 aliphatic carbocycles. The first kappa shape index (κ1) is 15.9. The SMILES string of the molecule is Cc1ccc(CSc2nccn3nc(-c4ccccc4C)cc23)cc1. The van der Waals surface area contributed by atoms with Crippen LogP contribution in [-0.4, -0.2) is 14.6 Å². The van der Waals surface area contributed by atoms with E-state index in [4.69, 9.17) is 5.10 Å². The summed E-state index contributed by atoms with van der Waals surface area (Å²) in [4.78, 5) is 4.57. The molecule has 4 aromatic rings. The molecule has 4 rings (SSSR count). The second-order valence-corrected chi connectivity index (χ2v) is 7.15. The lowest BCUT2D eigenvalue weighted by atomic mass is 10.1. The molecule has 0 N–H and O–H groups in total. The van der Waals surface area contributed by atoms with Gasteiger partial charge in [-0.15, -0.1) is 0 Å². The van der Waals surface area contributed by atoms with E-state index >= 15 is 0 Å². The van der Waals surface area contributed by atoms with Gasteiger partial charge >= 0.3 is 0 Å². The minimum Gasteiger partial charge on any atom is -0.246 e. The van der Waals surface area contributed by atoms with E-state index in [9.17, 15) is 0 Å². The van der Waals surface area contributed by atoms with Crippen molar-refractivity contribution in [3.63, 3.8) is 0 Å². The molecule has 124 valence electrons. The molecular formula is C21H19N3S. The van der Waals surface area contributed by atoms with Crippen LogP contribution in [0.5, 0.6) is 0 Å². The quantitative estimate of drug-likeness (QED) is 0.470. The van der Waals surface area contributed by atoms with Gasteiger partial charge in [-0.25, -0.2) is 9.50 Å². The zero-order valence-electron chi connectivity index (χ0n) is 14.3. The molecular weight excluding hydrogens is 326 g/mol. The van der Waals surface area contributed by atoms with Gasteiger partial charge in [0.05, 0.1) is 11.2 Å². The van der Waals surface area contributed by atoms with E-state index in [1.54, 1.807) is 11.8 Å². The van der Waals surface area contributed by atoms with Crippen molar-refractivity contribution in [3.8, 4) is 11.3 Å². The summed E-state index contributed by atoms with van der Waals surface area (Å²) >= 11 is 1.75. The van der Waals surface area contributed by atoms with Crippen LogP contribution < -0.4 is 0 Å². The molecule has 0 spiro atoms. The van der Waals surface area contributed by atoms with E-state index in [-0.39, 0.29) is 0 Å². The third-order valence-corrected chi connectivity index (χ3v) is 5.34. The summed E-state index contributed by atoms with van der Waals surface area (Å²) in [5.41, 5.74) is 7.03. The summed E-state index contributed by atoms with van der Waals surface area (Å²) in [6.45, 7) is 4.23. The predicted octanol–water partition coefficient (Wildman–Crippen LogP) is 5.31. The molecule has 0 aliphatic heterocycles. The highest BCUT2D eigenvalue weighted by molar-refractivity contribution is 7.98. The number of hydrogen-bond donors (Lipinski definition) is 0. The first-order chi connectivity index (χ1) is 12.2. The molecule has 0 saturated carbocycles. The van der Waals surface area contributed by atoms with Gasteiger partial charge in [0.15, 0.2) is 0 Å². The van der Waals surface area contributed by atoms with Gasteiger partial charge in [-0.1, -0.05) is 65.9 Å². The Morgan fingerprint density at radius 2 is 1.80 bits per heavy atom. The number of thioether (sulfide) groups is 1. The van der Waals surface area contributed by atoms with Crippen molar-refractivity contribution in [2.45, 2.75) is 24.6 Å². The Labute approximate surface area is 151 Å². The molecule has 0 bridgehead atoms. The largest absolute Gasteiger partial charge is 0.246 e. The van der Waals surface area contributed by atoms with Crippen molar-refractivity contribution < 1.29 is 0 Å². The fourth-order valence-electron chi connectivity index (χ4n) is 2.84. The smallest absolute Gasteiger partial charge is 0.122 e. The number of aromatic nitrogens is 3. The maximum absolute atomic E-state index is 4.73. The van der Waals surface area contributed by atoms with E-state index in [0.29, 0.717) is 0 Å². The van der Waals surface area contributed by atoms with Crippen LogP contribution in [-0.2, 0) is 5.75 Å². The zero-order valence-corrected chi connectivity index (χ0v) is 15.1. The maximum Gasteiger partial charge on any atom is 0.122 e. The van der Waals surface area contributed by atoms with Gasteiger partial charge in [-0.3, -0.25) is 0 Å². The molecule has 0 aliphatic rings. The van der Waals surface area contributed by atoms with Gasteiger partial charge in [-0.05, 0) is 31.0 Å². The zero-order chi connectivity index (χ0) is 17.2. The lowest BCUT2D eigenvalue weighted by Crippen LogP contribution is -1.91. The molecule has 3 nitrogen and oxygen atoms in total. The van der Waals surface area contributed by atoms with Crippen LogP contribution in [0.25, 0.3) is 16.8 Å². The van der Waals surface area contributed by atoms with Gasteiger partial charge in [0, 0.05) is 23.7 Å². The van der Waals surface area contributed by atoms with Crippen molar-refractivity contribution >= 4 is 17.3 Å². The fourth-order valence-corrected chi connectivity index (χ4v) is 3.77. The third-order valence-electron chi connectivity index (χ3n) is 4.27. The van der Waals surface area contributed by atoms with Gasteiger partial charge in [0.25, 0.3) is 0 Å². The van der Waals surface area contributed by atoms with Crippen molar-refractivity contribution in [2.24, 2.45) is 0 Å². The molecule has 0 unspecified atom stereocenters. The molecule has 4 heteroatoms. The van der Waals surface area contributed by atoms with Crippen LogP contribution in [0, 0.1) is 13.8 Å². The number of aryl methyl sites for hydroxylation is 2. The molecule has 0 radical (unpaired) electrons. The van der Waals surface area contributed by atoms with Crippen LogP contribution >= 0.6 is 11.8 Å². The molecule has 0 fully saturated rings. The van der Waals surface area contributed by atoms with E-state index in [1.165, 1.54) is 22.3 Å².